The highest BCUT2D eigenvalue weighted by atomic mass is 16.5. The van der Waals surface area contributed by atoms with Gasteiger partial charge in [-0.2, -0.15) is 4.99 Å². The van der Waals surface area contributed by atoms with Gasteiger partial charge in [-0.15, -0.1) is 0 Å². The fourth-order valence-electron chi connectivity index (χ4n) is 2.76. The maximum atomic E-state index is 12.3. The molecule has 3 aromatic rings. The van der Waals surface area contributed by atoms with Crippen LogP contribution in [0.5, 0.6) is 0 Å². The summed E-state index contributed by atoms with van der Waals surface area (Å²) >= 11 is 0. The van der Waals surface area contributed by atoms with E-state index < -0.39 is 0 Å². The van der Waals surface area contributed by atoms with Crippen molar-refractivity contribution >= 4 is 5.91 Å². The first-order valence-electron chi connectivity index (χ1n) is 8.32. The second kappa shape index (κ2) is 7.75. The predicted molar refractivity (Wildman–Crippen MR) is 94.8 cm³/mol. The Balaban J connectivity index is 1.75. The molecule has 0 bridgehead atoms. The first-order chi connectivity index (χ1) is 12.1. The predicted octanol–water partition coefficient (Wildman–Crippen LogP) is 3.20. The zero-order valence-electron chi connectivity index (χ0n) is 14.5. The summed E-state index contributed by atoms with van der Waals surface area (Å²) in [5, 5.41) is 3.92. The van der Waals surface area contributed by atoms with Gasteiger partial charge in [-0.05, 0) is 38.0 Å². The van der Waals surface area contributed by atoms with E-state index in [1.165, 1.54) is 5.56 Å². The van der Waals surface area contributed by atoms with Crippen LogP contribution in [0.2, 0.25) is 0 Å². The summed E-state index contributed by atoms with van der Waals surface area (Å²) in [5.41, 5.74) is 3.66. The number of carbonyl (C=O) groups is 1. The first kappa shape index (κ1) is 16.9. The van der Waals surface area contributed by atoms with E-state index in [0.717, 1.165) is 17.0 Å². The van der Waals surface area contributed by atoms with Crippen LogP contribution in [0.4, 0.5) is 0 Å². The molecule has 0 N–H and O–H groups in total. The van der Waals surface area contributed by atoms with E-state index in [1.807, 2.05) is 61.0 Å². The van der Waals surface area contributed by atoms with Gasteiger partial charge in [0.1, 0.15) is 11.2 Å². The van der Waals surface area contributed by atoms with Crippen molar-refractivity contribution in [2.75, 3.05) is 0 Å². The third-order valence-electron chi connectivity index (χ3n) is 4.12. The van der Waals surface area contributed by atoms with Crippen LogP contribution in [-0.4, -0.2) is 15.6 Å². The Labute approximate surface area is 146 Å². The molecule has 25 heavy (non-hydrogen) atoms. The third-order valence-corrected chi connectivity index (χ3v) is 4.12. The fourth-order valence-corrected chi connectivity index (χ4v) is 2.76. The topological polar surface area (TPSA) is 60.4 Å². The minimum Gasteiger partial charge on any atom is -0.361 e. The molecule has 5 heteroatoms. The van der Waals surface area contributed by atoms with Gasteiger partial charge in [0, 0.05) is 24.7 Å². The number of benzene rings is 1. The van der Waals surface area contributed by atoms with Crippen molar-refractivity contribution in [2.45, 2.75) is 33.2 Å². The number of rotatable bonds is 5. The minimum absolute atomic E-state index is 0.145. The molecule has 1 amide bonds. The second-order valence-electron chi connectivity index (χ2n) is 5.98. The Bertz CT molecular complexity index is 904. The normalized spacial score (nSPS) is 11.7. The molecule has 3 rings (SSSR count). The maximum absolute atomic E-state index is 12.3. The number of nitrogens with zero attached hydrogens (tertiary/aromatic N) is 3. The molecular weight excluding hydrogens is 314 g/mol. The van der Waals surface area contributed by atoms with Gasteiger partial charge < -0.3 is 9.09 Å². The van der Waals surface area contributed by atoms with E-state index in [2.05, 4.69) is 22.3 Å². The molecule has 2 aromatic heterocycles. The van der Waals surface area contributed by atoms with E-state index >= 15 is 0 Å². The molecule has 0 saturated heterocycles. The van der Waals surface area contributed by atoms with Crippen molar-refractivity contribution in [3.8, 4) is 0 Å². The Morgan fingerprint density at radius 3 is 2.60 bits per heavy atom. The van der Waals surface area contributed by atoms with Gasteiger partial charge in [-0.1, -0.05) is 41.6 Å². The summed E-state index contributed by atoms with van der Waals surface area (Å²) in [7, 11) is 0. The SMILES string of the molecule is Cc1noc(C)c1CCC(=O)N=c1ccccn1Cc1ccccc1. The lowest BCUT2D eigenvalue weighted by Crippen LogP contribution is -2.22. The highest BCUT2D eigenvalue weighted by Crippen LogP contribution is 2.14. The van der Waals surface area contributed by atoms with Gasteiger partial charge in [-0.3, -0.25) is 4.79 Å². The average molecular weight is 335 g/mol. The minimum atomic E-state index is -0.145. The fraction of sp³-hybridized carbons (Fsp3) is 0.250. The van der Waals surface area contributed by atoms with Crippen LogP contribution >= 0.6 is 0 Å². The molecule has 0 aliphatic carbocycles. The molecular formula is C20H21N3O2. The Morgan fingerprint density at radius 1 is 1.12 bits per heavy atom. The molecule has 0 unspecified atom stereocenters. The van der Waals surface area contributed by atoms with Crippen LogP contribution in [0, 0.1) is 13.8 Å². The maximum Gasteiger partial charge on any atom is 0.247 e. The van der Waals surface area contributed by atoms with E-state index in [-0.39, 0.29) is 5.91 Å². The number of hydrogen-bond donors (Lipinski definition) is 0. The van der Waals surface area contributed by atoms with Gasteiger partial charge >= 0.3 is 0 Å². The molecule has 0 aliphatic heterocycles. The summed E-state index contributed by atoms with van der Waals surface area (Å²) in [6.45, 7) is 4.43. The lowest BCUT2D eigenvalue weighted by Gasteiger charge is -2.07. The zero-order valence-corrected chi connectivity index (χ0v) is 14.5. The van der Waals surface area contributed by atoms with E-state index in [9.17, 15) is 4.79 Å². The summed E-state index contributed by atoms with van der Waals surface area (Å²) in [4.78, 5) is 16.6. The number of hydrogen-bond acceptors (Lipinski definition) is 3. The van der Waals surface area contributed by atoms with E-state index in [0.29, 0.717) is 24.9 Å². The van der Waals surface area contributed by atoms with Crippen LogP contribution in [-0.2, 0) is 17.8 Å². The number of pyridine rings is 1. The molecule has 1 aromatic carbocycles. The Hall–Kier alpha value is -2.95. The highest BCUT2D eigenvalue weighted by Gasteiger charge is 2.10. The van der Waals surface area contributed by atoms with Crippen LogP contribution in [0.1, 0.15) is 29.0 Å². The zero-order chi connectivity index (χ0) is 17.6. The smallest absolute Gasteiger partial charge is 0.247 e. The van der Waals surface area contributed by atoms with Gasteiger partial charge in [0.2, 0.25) is 5.91 Å². The van der Waals surface area contributed by atoms with Crippen molar-refractivity contribution in [1.82, 2.24) is 9.72 Å². The molecule has 0 radical (unpaired) electrons. The summed E-state index contributed by atoms with van der Waals surface area (Å²) in [5.74, 6) is 0.622. The van der Waals surface area contributed by atoms with Crippen molar-refractivity contribution in [3.63, 3.8) is 0 Å². The molecule has 2 heterocycles. The van der Waals surface area contributed by atoms with Gasteiger partial charge in [0.05, 0.1) is 5.69 Å². The Kier molecular flexibility index (Phi) is 5.23. The van der Waals surface area contributed by atoms with E-state index in [1.54, 1.807) is 0 Å². The monoisotopic (exact) mass is 335 g/mol. The molecule has 0 spiro atoms. The molecule has 128 valence electrons. The lowest BCUT2D eigenvalue weighted by atomic mass is 10.1. The number of aromatic nitrogens is 2. The van der Waals surface area contributed by atoms with Crippen molar-refractivity contribution in [1.29, 1.82) is 0 Å². The van der Waals surface area contributed by atoms with E-state index in [4.69, 9.17) is 4.52 Å². The first-order valence-corrected chi connectivity index (χ1v) is 8.32. The number of carbonyl (C=O) groups excluding carboxylic acids is 1. The van der Waals surface area contributed by atoms with Crippen LogP contribution in [0.15, 0.2) is 64.2 Å². The largest absolute Gasteiger partial charge is 0.361 e. The second-order valence-corrected chi connectivity index (χ2v) is 5.98. The van der Waals surface area contributed by atoms with Gasteiger partial charge in [0.25, 0.3) is 0 Å². The molecule has 0 aliphatic rings. The Morgan fingerprint density at radius 2 is 1.88 bits per heavy atom. The summed E-state index contributed by atoms with van der Waals surface area (Å²) in [6, 6.07) is 15.8. The van der Waals surface area contributed by atoms with Crippen LogP contribution in [0.3, 0.4) is 0 Å². The number of amides is 1. The highest BCUT2D eigenvalue weighted by molar-refractivity contribution is 5.77. The summed E-state index contributed by atoms with van der Waals surface area (Å²) < 4.78 is 7.11. The molecule has 5 nitrogen and oxygen atoms in total. The number of aryl methyl sites for hydroxylation is 2. The van der Waals surface area contributed by atoms with Crippen molar-refractivity contribution in [3.05, 3.63) is 82.8 Å². The average Bonchev–Trinajstić information content (AvgIpc) is 2.94. The molecule has 0 fully saturated rings. The summed E-state index contributed by atoms with van der Waals surface area (Å²) in [6.07, 6.45) is 2.87. The van der Waals surface area contributed by atoms with Gasteiger partial charge in [0.15, 0.2) is 0 Å². The van der Waals surface area contributed by atoms with Crippen molar-refractivity contribution < 1.29 is 9.32 Å². The standard InChI is InChI=1S/C20H21N3O2/c1-15-18(16(2)25-22-15)11-12-20(24)21-19-10-6-7-13-23(19)14-17-8-4-3-5-9-17/h3-10,13H,11-12,14H2,1-2H3. The van der Waals surface area contributed by atoms with Crippen LogP contribution < -0.4 is 5.49 Å². The lowest BCUT2D eigenvalue weighted by molar-refractivity contribution is -0.118. The quantitative estimate of drug-likeness (QED) is 0.719. The third kappa shape index (κ3) is 4.32. The molecule has 0 atom stereocenters. The molecule has 0 saturated carbocycles. The van der Waals surface area contributed by atoms with Crippen LogP contribution in [0.25, 0.3) is 0 Å². The van der Waals surface area contributed by atoms with Crippen molar-refractivity contribution in [2.24, 2.45) is 4.99 Å². The van der Waals surface area contributed by atoms with Gasteiger partial charge in [-0.25, -0.2) is 0 Å².